The van der Waals surface area contributed by atoms with E-state index in [0.717, 1.165) is 16.6 Å². The van der Waals surface area contributed by atoms with Crippen molar-refractivity contribution in [2.45, 2.75) is 6.54 Å². The molecule has 0 fully saturated rings. The van der Waals surface area contributed by atoms with Crippen LogP contribution in [0.3, 0.4) is 0 Å². The van der Waals surface area contributed by atoms with Crippen LogP contribution in [0.4, 0.5) is 5.69 Å². The minimum Gasteiger partial charge on any atom is -0.475 e. The molecule has 2 aromatic heterocycles. The lowest BCUT2D eigenvalue weighted by atomic mass is 10.2. The lowest BCUT2D eigenvalue weighted by Gasteiger charge is -2.03. The molecule has 3 rings (SSSR count). The third kappa shape index (κ3) is 2.06. The first-order valence-corrected chi connectivity index (χ1v) is 5.80. The number of carbonyl (C=O) groups is 1. The van der Waals surface area contributed by atoms with E-state index < -0.39 is 5.97 Å². The summed E-state index contributed by atoms with van der Waals surface area (Å²) in [7, 11) is 0. The van der Waals surface area contributed by atoms with Gasteiger partial charge in [0.05, 0.1) is 6.54 Å². The Morgan fingerprint density at radius 3 is 2.84 bits per heavy atom. The molecule has 0 aliphatic heterocycles. The van der Waals surface area contributed by atoms with E-state index in [-0.39, 0.29) is 5.76 Å². The van der Waals surface area contributed by atoms with Crippen molar-refractivity contribution in [3.8, 4) is 0 Å². The van der Waals surface area contributed by atoms with E-state index in [0.29, 0.717) is 12.3 Å². The number of carboxylic acid groups (broad SMARTS) is 1. The number of aromatic carboxylic acids is 1. The van der Waals surface area contributed by atoms with E-state index in [1.807, 2.05) is 35.0 Å². The zero-order chi connectivity index (χ0) is 13.4. The van der Waals surface area contributed by atoms with Gasteiger partial charge in [0.1, 0.15) is 5.76 Å². The average Bonchev–Trinajstić information content (AvgIpc) is 2.97. The van der Waals surface area contributed by atoms with Crippen LogP contribution in [-0.4, -0.2) is 15.6 Å². The molecule has 0 saturated carbocycles. The summed E-state index contributed by atoms with van der Waals surface area (Å²) in [5.74, 6) is -0.501. The quantitative estimate of drug-likeness (QED) is 0.705. The zero-order valence-corrected chi connectivity index (χ0v) is 10.0. The number of aromatic nitrogens is 1. The molecule has 0 atom stereocenters. The van der Waals surface area contributed by atoms with Crippen molar-refractivity contribution in [2.75, 3.05) is 5.73 Å². The largest absolute Gasteiger partial charge is 0.475 e. The highest BCUT2D eigenvalue weighted by Crippen LogP contribution is 2.20. The topological polar surface area (TPSA) is 81.4 Å². The van der Waals surface area contributed by atoms with Gasteiger partial charge >= 0.3 is 5.97 Å². The Kier molecular flexibility index (Phi) is 2.52. The summed E-state index contributed by atoms with van der Waals surface area (Å²) in [6.45, 7) is 0.487. The third-order valence-corrected chi connectivity index (χ3v) is 2.99. The van der Waals surface area contributed by atoms with Gasteiger partial charge in [-0.1, -0.05) is 0 Å². The highest BCUT2D eigenvalue weighted by molar-refractivity contribution is 5.84. The van der Waals surface area contributed by atoms with Crippen LogP contribution in [0.1, 0.15) is 16.3 Å². The van der Waals surface area contributed by atoms with Crippen molar-refractivity contribution < 1.29 is 14.3 Å². The van der Waals surface area contributed by atoms with Crippen molar-refractivity contribution in [1.82, 2.24) is 4.57 Å². The van der Waals surface area contributed by atoms with Gasteiger partial charge in [-0.3, -0.25) is 0 Å². The molecule has 0 saturated heterocycles. The molecular formula is C14H12N2O3. The number of furan rings is 1. The van der Waals surface area contributed by atoms with Crippen LogP contribution in [-0.2, 0) is 6.54 Å². The smallest absolute Gasteiger partial charge is 0.371 e. The zero-order valence-electron chi connectivity index (χ0n) is 10.0. The molecule has 3 aromatic rings. The van der Waals surface area contributed by atoms with E-state index in [2.05, 4.69) is 0 Å². The van der Waals surface area contributed by atoms with Crippen LogP contribution in [0.2, 0.25) is 0 Å². The standard InChI is InChI=1S/C14H12N2O3/c15-10-1-3-12-9(7-10)5-6-16(12)8-11-2-4-13(19-11)14(17)18/h1-7H,8,15H2,(H,17,18). The lowest BCUT2D eigenvalue weighted by molar-refractivity contribution is 0.0660. The Balaban J connectivity index is 1.94. The summed E-state index contributed by atoms with van der Waals surface area (Å²) in [5.41, 5.74) is 7.48. The van der Waals surface area contributed by atoms with Gasteiger partial charge < -0.3 is 19.8 Å². The SMILES string of the molecule is Nc1ccc2c(ccn2Cc2ccc(C(=O)O)o2)c1. The summed E-state index contributed by atoms with van der Waals surface area (Å²) in [5, 5.41) is 9.86. The minimum absolute atomic E-state index is 0.0456. The fourth-order valence-corrected chi connectivity index (χ4v) is 2.10. The van der Waals surface area contributed by atoms with Crippen molar-refractivity contribution in [2.24, 2.45) is 0 Å². The van der Waals surface area contributed by atoms with Crippen molar-refractivity contribution in [3.05, 3.63) is 54.1 Å². The second-order valence-electron chi connectivity index (χ2n) is 4.33. The van der Waals surface area contributed by atoms with Crippen LogP contribution in [0.5, 0.6) is 0 Å². The Labute approximate surface area is 108 Å². The second kappa shape index (κ2) is 4.20. The number of nitrogens with two attached hydrogens (primary N) is 1. The summed E-state index contributed by atoms with van der Waals surface area (Å²) in [4.78, 5) is 10.8. The van der Waals surface area contributed by atoms with Gasteiger partial charge in [-0.25, -0.2) is 4.79 Å². The Morgan fingerprint density at radius 2 is 2.11 bits per heavy atom. The Bertz CT molecular complexity index is 755. The summed E-state index contributed by atoms with van der Waals surface area (Å²) >= 11 is 0. The monoisotopic (exact) mass is 256 g/mol. The van der Waals surface area contributed by atoms with Gasteiger partial charge in [0.2, 0.25) is 5.76 Å². The van der Waals surface area contributed by atoms with Gasteiger partial charge in [0.25, 0.3) is 0 Å². The predicted octanol–water partition coefficient (Wildman–Crippen LogP) is 2.56. The fourth-order valence-electron chi connectivity index (χ4n) is 2.10. The van der Waals surface area contributed by atoms with E-state index in [1.165, 1.54) is 6.07 Å². The molecule has 0 aliphatic rings. The maximum absolute atomic E-state index is 10.8. The third-order valence-electron chi connectivity index (χ3n) is 2.99. The van der Waals surface area contributed by atoms with Crippen molar-refractivity contribution >= 4 is 22.6 Å². The molecular weight excluding hydrogens is 244 g/mol. The molecule has 19 heavy (non-hydrogen) atoms. The highest BCUT2D eigenvalue weighted by Gasteiger charge is 2.10. The number of hydrogen-bond donors (Lipinski definition) is 2. The molecule has 0 aliphatic carbocycles. The van der Waals surface area contributed by atoms with Crippen LogP contribution in [0.25, 0.3) is 10.9 Å². The van der Waals surface area contributed by atoms with E-state index >= 15 is 0 Å². The number of benzene rings is 1. The number of carboxylic acids is 1. The maximum Gasteiger partial charge on any atom is 0.371 e. The second-order valence-corrected chi connectivity index (χ2v) is 4.33. The lowest BCUT2D eigenvalue weighted by Crippen LogP contribution is -1.97. The number of hydrogen-bond acceptors (Lipinski definition) is 3. The van der Waals surface area contributed by atoms with Crippen molar-refractivity contribution in [1.29, 1.82) is 0 Å². The fraction of sp³-hybridized carbons (Fsp3) is 0.0714. The van der Waals surface area contributed by atoms with Crippen LogP contribution in [0.15, 0.2) is 47.0 Å². The molecule has 0 radical (unpaired) electrons. The Morgan fingerprint density at radius 1 is 1.26 bits per heavy atom. The first-order chi connectivity index (χ1) is 9.13. The van der Waals surface area contributed by atoms with E-state index in [1.54, 1.807) is 6.07 Å². The number of rotatable bonds is 3. The molecule has 2 heterocycles. The Hall–Kier alpha value is -2.69. The van der Waals surface area contributed by atoms with Gasteiger partial charge in [0, 0.05) is 22.8 Å². The molecule has 5 heteroatoms. The van der Waals surface area contributed by atoms with Crippen LogP contribution >= 0.6 is 0 Å². The average molecular weight is 256 g/mol. The van der Waals surface area contributed by atoms with Crippen LogP contribution in [0, 0.1) is 0 Å². The van der Waals surface area contributed by atoms with Gasteiger partial charge in [-0.05, 0) is 36.4 Å². The first-order valence-electron chi connectivity index (χ1n) is 5.80. The summed E-state index contributed by atoms with van der Waals surface area (Å²) in [6, 6.07) is 10.8. The number of nitrogens with zero attached hydrogens (tertiary/aromatic N) is 1. The number of nitrogen functional groups attached to an aromatic ring is 1. The highest BCUT2D eigenvalue weighted by atomic mass is 16.4. The predicted molar refractivity (Wildman–Crippen MR) is 71.1 cm³/mol. The maximum atomic E-state index is 10.8. The number of anilines is 1. The van der Waals surface area contributed by atoms with Crippen molar-refractivity contribution in [3.63, 3.8) is 0 Å². The van der Waals surface area contributed by atoms with E-state index in [4.69, 9.17) is 15.3 Å². The molecule has 96 valence electrons. The number of fused-ring (bicyclic) bond motifs is 1. The normalized spacial score (nSPS) is 10.9. The first kappa shape index (κ1) is 11.4. The molecule has 1 aromatic carbocycles. The minimum atomic E-state index is -1.06. The molecule has 3 N–H and O–H groups in total. The molecule has 0 spiro atoms. The molecule has 0 amide bonds. The van der Waals surface area contributed by atoms with E-state index in [9.17, 15) is 4.79 Å². The van der Waals surface area contributed by atoms with Gasteiger partial charge in [0.15, 0.2) is 0 Å². The van der Waals surface area contributed by atoms with Gasteiger partial charge in [-0.2, -0.15) is 0 Å². The summed E-state index contributed by atoms with van der Waals surface area (Å²) in [6.07, 6.45) is 1.92. The van der Waals surface area contributed by atoms with Gasteiger partial charge in [-0.15, -0.1) is 0 Å². The molecule has 0 bridgehead atoms. The summed E-state index contributed by atoms with van der Waals surface area (Å²) < 4.78 is 7.23. The van der Waals surface area contributed by atoms with Crippen LogP contribution < -0.4 is 5.73 Å². The molecule has 0 unspecified atom stereocenters. The molecule has 5 nitrogen and oxygen atoms in total.